The summed E-state index contributed by atoms with van der Waals surface area (Å²) in [6.07, 6.45) is 1.66. The summed E-state index contributed by atoms with van der Waals surface area (Å²) >= 11 is 13.1. The van der Waals surface area contributed by atoms with Gasteiger partial charge in [0.15, 0.2) is 0 Å². The molecule has 106 valence electrons. The fraction of sp³-hybridized carbons (Fsp3) is 0. The Morgan fingerprint density at radius 3 is 2.76 bits per heavy atom. The van der Waals surface area contributed by atoms with Crippen LogP contribution in [0.1, 0.15) is 5.76 Å². The third kappa shape index (κ3) is 2.85. The molecule has 0 spiro atoms. The summed E-state index contributed by atoms with van der Waals surface area (Å²) in [4.78, 5) is 15.3. The Labute approximate surface area is 134 Å². The quantitative estimate of drug-likeness (QED) is 0.852. The average molecular weight is 339 g/mol. The summed E-state index contributed by atoms with van der Waals surface area (Å²) in [5.41, 5.74) is 6.34. The second-order valence-corrected chi connectivity index (χ2v) is 5.96. The minimum absolute atomic E-state index is 0.198. The molecule has 1 aromatic heterocycles. The highest BCUT2D eigenvalue weighted by molar-refractivity contribution is 8.18. The molecule has 0 radical (unpaired) electrons. The van der Waals surface area contributed by atoms with Gasteiger partial charge in [0.25, 0.3) is 0 Å². The Bertz CT molecular complexity index is 796. The Kier molecular flexibility index (Phi) is 3.80. The Balaban J connectivity index is 1.94. The Morgan fingerprint density at radius 1 is 1.24 bits per heavy atom. The first-order valence-electron chi connectivity index (χ1n) is 5.87. The van der Waals surface area contributed by atoms with Crippen molar-refractivity contribution in [2.24, 2.45) is 10.7 Å². The number of rotatable bonds is 2. The van der Waals surface area contributed by atoms with Gasteiger partial charge in [-0.3, -0.25) is 4.79 Å². The number of aliphatic imine (C=N–C) groups is 1. The smallest absolute Gasteiger partial charge is 0.311 e. The van der Waals surface area contributed by atoms with Crippen LogP contribution in [0.3, 0.4) is 0 Å². The molecule has 0 saturated heterocycles. The van der Waals surface area contributed by atoms with E-state index in [-0.39, 0.29) is 11.1 Å². The highest BCUT2D eigenvalue weighted by Crippen LogP contribution is 2.35. The van der Waals surface area contributed by atoms with Crippen LogP contribution in [0.15, 0.2) is 44.6 Å². The molecule has 0 atom stereocenters. The third-order valence-electron chi connectivity index (χ3n) is 2.78. The molecule has 2 heterocycles. The zero-order valence-electron chi connectivity index (χ0n) is 10.5. The lowest BCUT2D eigenvalue weighted by molar-refractivity contribution is 0.268. The van der Waals surface area contributed by atoms with E-state index in [1.807, 2.05) is 6.07 Å². The number of carbonyl (C=O) groups excluding carboxylic acids is 1. The Morgan fingerprint density at radius 2 is 2.05 bits per heavy atom. The number of amides is 1. The molecule has 7 heteroatoms. The van der Waals surface area contributed by atoms with E-state index in [1.165, 1.54) is 0 Å². The molecule has 1 aliphatic rings. The van der Waals surface area contributed by atoms with Crippen molar-refractivity contribution >= 4 is 52.1 Å². The van der Waals surface area contributed by atoms with Crippen LogP contribution in [0.4, 0.5) is 4.79 Å². The first kappa shape index (κ1) is 14.3. The minimum atomic E-state index is -0.330. The van der Waals surface area contributed by atoms with Crippen molar-refractivity contribution in [2.75, 3.05) is 0 Å². The molecule has 0 fully saturated rings. The van der Waals surface area contributed by atoms with Crippen LogP contribution in [0.2, 0.25) is 10.0 Å². The summed E-state index contributed by atoms with van der Waals surface area (Å²) in [5, 5.41) is 0.557. The Hall–Kier alpha value is -1.69. The van der Waals surface area contributed by atoms with Crippen molar-refractivity contribution in [3.8, 4) is 11.3 Å². The van der Waals surface area contributed by atoms with Crippen LogP contribution >= 0.6 is 35.0 Å². The van der Waals surface area contributed by atoms with Gasteiger partial charge >= 0.3 is 5.24 Å². The van der Waals surface area contributed by atoms with Gasteiger partial charge in [-0.15, -0.1) is 0 Å². The van der Waals surface area contributed by atoms with Crippen LogP contribution in [0.25, 0.3) is 17.4 Å². The van der Waals surface area contributed by atoms with Gasteiger partial charge in [-0.05, 0) is 42.1 Å². The fourth-order valence-corrected chi connectivity index (χ4v) is 2.88. The lowest BCUT2D eigenvalue weighted by Gasteiger charge is -2.02. The number of carbonyl (C=O) groups is 1. The second kappa shape index (κ2) is 5.60. The van der Waals surface area contributed by atoms with E-state index in [4.69, 9.17) is 33.4 Å². The van der Waals surface area contributed by atoms with Gasteiger partial charge in [-0.1, -0.05) is 29.3 Å². The zero-order valence-corrected chi connectivity index (χ0v) is 12.8. The molecule has 2 N–H and O–H groups in total. The summed E-state index contributed by atoms with van der Waals surface area (Å²) in [6.45, 7) is 0. The van der Waals surface area contributed by atoms with Crippen LogP contribution in [-0.4, -0.2) is 11.1 Å². The van der Waals surface area contributed by atoms with Crippen LogP contribution in [-0.2, 0) is 0 Å². The minimum Gasteiger partial charge on any atom is -0.457 e. The molecule has 1 aromatic carbocycles. The van der Waals surface area contributed by atoms with Crippen molar-refractivity contribution in [2.45, 2.75) is 0 Å². The van der Waals surface area contributed by atoms with Crippen molar-refractivity contribution < 1.29 is 9.21 Å². The van der Waals surface area contributed by atoms with Crippen LogP contribution in [0.5, 0.6) is 0 Å². The predicted octanol–water partition coefficient (Wildman–Crippen LogP) is 4.82. The molecule has 3 rings (SSSR count). The van der Waals surface area contributed by atoms with Crippen molar-refractivity contribution in [1.29, 1.82) is 0 Å². The van der Waals surface area contributed by atoms with E-state index in [0.29, 0.717) is 32.0 Å². The van der Waals surface area contributed by atoms with Gasteiger partial charge in [0.1, 0.15) is 17.4 Å². The zero-order chi connectivity index (χ0) is 15.0. The molecule has 0 bridgehead atoms. The summed E-state index contributed by atoms with van der Waals surface area (Å²) < 4.78 is 5.70. The first-order chi connectivity index (χ1) is 10.0. The molecule has 1 amide bonds. The lowest BCUT2D eigenvalue weighted by Crippen LogP contribution is -2.08. The van der Waals surface area contributed by atoms with E-state index in [0.717, 1.165) is 11.8 Å². The first-order valence-corrected chi connectivity index (χ1v) is 7.44. The maximum atomic E-state index is 11.2. The van der Waals surface area contributed by atoms with Gasteiger partial charge in [0.2, 0.25) is 0 Å². The number of nitrogens with zero attached hydrogens (tertiary/aromatic N) is 1. The molecule has 0 aliphatic carbocycles. The van der Waals surface area contributed by atoms with E-state index in [9.17, 15) is 4.79 Å². The molecule has 0 saturated carbocycles. The van der Waals surface area contributed by atoms with Crippen LogP contribution < -0.4 is 5.73 Å². The predicted molar refractivity (Wildman–Crippen MR) is 86.8 cm³/mol. The van der Waals surface area contributed by atoms with E-state index in [1.54, 1.807) is 30.3 Å². The maximum absolute atomic E-state index is 11.2. The summed E-state index contributed by atoms with van der Waals surface area (Å²) in [7, 11) is 0. The normalized spacial score (nSPS) is 16.6. The average Bonchev–Trinajstić information content (AvgIpc) is 3.01. The fourth-order valence-electron chi connectivity index (χ4n) is 1.82. The maximum Gasteiger partial charge on any atom is 0.311 e. The molecule has 2 aromatic rings. The third-order valence-corrected chi connectivity index (χ3v) is 4.41. The molecule has 0 unspecified atom stereocenters. The van der Waals surface area contributed by atoms with E-state index >= 15 is 0 Å². The van der Waals surface area contributed by atoms with Crippen molar-refractivity contribution in [3.63, 3.8) is 0 Å². The summed E-state index contributed by atoms with van der Waals surface area (Å²) in [5.74, 6) is 1.33. The van der Waals surface area contributed by atoms with Gasteiger partial charge in [0, 0.05) is 5.56 Å². The SMILES string of the molecule is NC1=NC(=O)S/C1=C\c1ccc(-c2cccc(Cl)c2Cl)o1. The number of nitrogens with two attached hydrogens (primary N) is 1. The number of halogens is 2. The number of amidine groups is 1. The highest BCUT2D eigenvalue weighted by Gasteiger charge is 2.19. The van der Waals surface area contributed by atoms with Crippen LogP contribution in [0, 0.1) is 0 Å². The highest BCUT2D eigenvalue weighted by atomic mass is 35.5. The number of benzene rings is 1. The largest absolute Gasteiger partial charge is 0.457 e. The number of thioether (sulfide) groups is 1. The number of hydrogen-bond acceptors (Lipinski definition) is 4. The lowest BCUT2D eigenvalue weighted by atomic mass is 10.2. The molecular weight excluding hydrogens is 331 g/mol. The van der Waals surface area contributed by atoms with E-state index < -0.39 is 0 Å². The van der Waals surface area contributed by atoms with Gasteiger partial charge in [0.05, 0.1) is 15.0 Å². The molecule has 1 aliphatic heterocycles. The molecule has 4 nitrogen and oxygen atoms in total. The second-order valence-electron chi connectivity index (χ2n) is 4.18. The van der Waals surface area contributed by atoms with E-state index in [2.05, 4.69) is 4.99 Å². The van der Waals surface area contributed by atoms with Crippen molar-refractivity contribution in [1.82, 2.24) is 0 Å². The van der Waals surface area contributed by atoms with Gasteiger partial charge in [-0.25, -0.2) is 0 Å². The van der Waals surface area contributed by atoms with Gasteiger partial charge < -0.3 is 10.2 Å². The van der Waals surface area contributed by atoms with Crippen molar-refractivity contribution in [3.05, 3.63) is 51.0 Å². The summed E-state index contributed by atoms with van der Waals surface area (Å²) in [6, 6.07) is 8.85. The molecular formula is C14H8Cl2N2O2S. The van der Waals surface area contributed by atoms with Gasteiger partial charge in [-0.2, -0.15) is 4.99 Å². The topological polar surface area (TPSA) is 68.6 Å². The molecule has 21 heavy (non-hydrogen) atoms. The number of hydrogen-bond donors (Lipinski definition) is 1. The standard InChI is InChI=1S/C14H8Cl2N2O2S/c15-9-3-1-2-8(12(9)16)10-5-4-7(20-10)6-11-13(17)18-14(19)21-11/h1-6H,(H2,17,18,19)/b11-6-. The number of furan rings is 1. The monoisotopic (exact) mass is 338 g/mol.